The van der Waals surface area contributed by atoms with Gasteiger partial charge in [-0.05, 0) is 55.2 Å². The number of hydrogen-bond acceptors (Lipinski definition) is 1. The van der Waals surface area contributed by atoms with Crippen LogP contribution in [0.5, 0.6) is 0 Å². The summed E-state index contributed by atoms with van der Waals surface area (Å²) in [7, 11) is 0. The highest BCUT2D eigenvalue weighted by Gasteiger charge is 2.15. The molecular formula is C16H17BrO. The lowest BCUT2D eigenvalue weighted by molar-refractivity contribution is 0.218. The zero-order valence-electron chi connectivity index (χ0n) is 10.9. The first-order chi connectivity index (χ1) is 8.49. The van der Waals surface area contributed by atoms with E-state index in [9.17, 15) is 5.11 Å². The molecule has 1 nitrogen and oxygen atoms in total. The summed E-state index contributed by atoms with van der Waals surface area (Å²) in [5.74, 6) is 0. The zero-order valence-corrected chi connectivity index (χ0v) is 12.5. The third kappa shape index (κ3) is 2.65. The number of aryl methyl sites for hydroxylation is 3. The van der Waals surface area contributed by atoms with E-state index in [0.29, 0.717) is 0 Å². The minimum atomic E-state index is -0.557. The molecule has 0 unspecified atom stereocenters. The van der Waals surface area contributed by atoms with Gasteiger partial charge in [-0.1, -0.05) is 45.8 Å². The Morgan fingerprint density at radius 1 is 0.944 bits per heavy atom. The first kappa shape index (κ1) is 13.3. The summed E-state index contributed by atoms with van der Waals surface area (Å²) in [6, 6.07) is 12.0. The summed E-state index contributed by atoms with van der Waals surface area (Å²) < 4.78 is 1.02. The lowest BCUT2D eigenvalue weighted by Gasteiger charge is -2.18. The van der Waals surface area contributed by atoms with E-state index >= 15 is 0 Å². The molecule has 0 aliphatic carbocycles. The molecule has 1 atom stereocenters. The topological polar surface area (TPSA) is 20.2 Å². The maximum absolute atomic E-state index is 10.5. The van der Waals surface area contributed by atoms with E-state index in [1.54, 1.807) is 0 Å². The standard InChI is InChI=1S/C16H17BrO/c1-10-8-11(2)15(12(3)9-10)16(18)13-4-6-14(17)7-5-13/h4-9,16,18H,1-3H3/t16-/m1/s1. The number of hydrogen-bond donors (Lipinski definition) is 1. The van der Waals surface area contributed by atoms with Gasteiger partial charge < -0.3 is 5.11 Å². The van der Waals surface area contributed by atoms with Gasteiger partial charge in [0.2, 0.25) is 0 Å². The van der Waals surface area contributed by atoms with E-state index in [1.165, 1.54) is 5.56 Å². The molecule has 2 aromatic carbocycles. The summed E-state index contributed by atoms with van der Waals surface area (Å²) >= 11 is 3.41. The van der Waals surface area contributed by atoms with Crippen LogP contribution in [0.4, 0.5) is 0 Å². The quantitative estimate of drug-likeness (QED) is 0.868. The fourth-order valence-corrected chi connectivity index (χ4v) is 2.70. The monoisotopic (exact) mass is 304 g/mol. The molecule has 0 saturated carbocycles. The number of halogens is 1. The van der Waals surface area contributed by atoms with Gasteiger partial charge in [0.05, 0.1) is 0 Å². The van der Waals surface area contributed by atoms with Crippen molar-refractivity contribution in [3.8, 4) is 0 Å². The first-order valence-electron chi connectivity index (χ1n) is 6.00. The number of rotatable bonds is 2. The van der Waals surface area contributed by atoms with Gasteiger partial charge in [0.15, 0.2) is 0 Å². The van der Waals surface area contributed by atoms with Gasteiger partial charge in [0.1, 0.15) is 6.10 Å². The van der Waals surface area contributed by atoms with Crippen LogP contribution in [0.1, 0.15) is 33.9 Å². The van der Waals surface area contributed by atoms with E-state index in [4.69, 9.17) is 0 Å². The molecule has 0 aliphatic rings. The van der Waals surface area contributed by atoms with Crippen LogP contribution in [-0.2, 0) is 0 Å². The second-order valence-corrected chi connectivity index (χ2v) is 5.68. The van der Waals surface area contributed by atoms with E-state index in [0.717, 1.165) is 26.7 Å². The van der Waals surface area contributed by atoms with Crippen LogP contribution in [0.25, 0.3) is 0 Å². The van der Waals surface area contributed by atoms with E-state index in [1.807, 2.05) is 24.3 Å². The van der Waals surface area contributed by atoms with Crippen molar-refractivity contribution in [1.82, 2.24) is 0 Å². The Morgan fingerprint density at radius 2 is 1.44 bits per heavy atom. The molecule has 0 amide bonds. The molecule has 1 N–H and O–H groups in total. The Morgan fingerprint density at radius 3 is 1.94 bits per heavy atom. The van der Waals surface area contributed by atoms with Crippen molar-refractivity contribution in [1.29, 1.82) is 0 Å². The third-order valence-electron chi connectivity index (χ3n) is 3.20. The number of benzene rings is 2. The van der Waals surface area contributed by atoms with Gasteiger partial charge in [-0.2, -0.15) is 0 Å². The molecular weight excluding hydrogens is 288 g/mol. The lowest BCUT2D eigenvalue weighted by atomic mass is 9.92. The molecule has 2 aromatic rings. The summed E-state index contributed by atoms with van der Waals surface area (Å²) in [5, 5.41) is 10.5. The highest BCUT2D eigenvalue weighted by Crippen LogP contribution is 2.29. The summed E-state index contributed by atoms with van der Waals surface area (Å²) in [6.45, 7) is 6.19. The molecule has 2 heteroatoms. The van der Waals surface area contributed by atoms with Crippen LogP contribution in [0.3, 0.4) is 0 Å². The van der Waals surface area contributed by atoms with Crippen LogP contribution in [0.15, 0.2) is 40.9 Å². The summed E-state index contributed by atoms with van der Waals surface area (Å²) in [5.41, 5.74) is 5.46. The molecule has 0 spiro atoms. The van der Waals surface area contributed by atoms with Crippen molar-refractivity contribution < 1.29 is 5.11 Å². The Bertz CT molecular complexity index is 535. The van der Waals surface area contributed by atoms with Crippen LogP contribution < -0.4 is 0 Å². The molecule has 0 fully saturated rings. The van der Waals surface area contributed by atoms with E-state index < -0.39 is 6.10 Å². The van der Waals surface area contributed by atoms with Gasteiger partial charge in [-0.15, -0.1) is 0 Å². The van der Waals surface area contributed by atoms with Crippen LogP contribution in [0.2, 0.25) is 0 Å². The van der Waals surface area contributed by atoms with Gasteiger partial charge in [0, 0.05) is 4.47 Å². The highest BCUT2D eigenvalue weighted by molar-refractivity contribution is 9.10. The molecule has 94 valence electrons. The maximum Gasteiger partial charge on any atom is 0.105 e. The van der Waals surface area contributed by atoms with Gasteiger partial charge in [-0.3, -0.25) is 0 Å². The fraction of sp³-hybridized carbons (Fsp3) is 0.250. The minimum Gasteiger partial charge on any atom is -0.384 e. The van der Waals surface area contributed by atoms with Crippen molar-refractivity contribution in [2.45, 2.75) is 26.9 Å². The van der Waals surface area contributed by atoms with Gasteiger partial charge in [-0.25, -0.2) is 0 Å². The largest absolute Gasteiger partial charge is 0.384 e. The predicted molar refractivity (Wildman–Crippen MR) is 78.9 cm³/mol. The minimum absolute atomic E-state index is 0.557. The van der Waals surface area contributed by atoms with E-state index in [2.05, 4.69) is 48.8 Å². The van der Waals surface area contributed by atoms with Crippen LogP contribution in [0, 0.1) is 20.8 Å². The third-order valence-corrected chi connectivity index (χ3v) is 3.73. The summed E-state index contributed by atoms with van der Waals surface area (Å²) in [6.07, 6.45) is -0.557. The van der Waals surface area contributed by atoms with Crippen molar-refractivity contribution in [3.05, 3.63) is 68.7 Å². The first-order valence-corrected chi connectivity index (χ1v) is 6.79. The predicted octanol–water partition coefficient (Wildman–Crippen LogP) is 4.46. The highest BCUT2D eigenvalue weighted by atomic mass is 79.9. The Hall–Kier alpha value is -1.12. The molecule has 0 aromatic heterocycles. The van der Waals surface area contributed by atoms with Crippen molar-refractivity contribution in [2.75, 3.05) is 0 Å². The van der Waals surface area contributed by atoms with Crippen LogP contribution >= 0.6 is 15.9 Å². The van der Waals surface area contributed by atoms with Gasteiger partial charge in [0.25, 0.3) is 0 Å². The average Bonchev–Trinajstić information content (AvgIpc) is 2.28. The molecule has 0 heterocycles. The maximum atomic E-state index is 10.5. The SMILES string of the molecule is Cc1cc(C)c([C@H](O)c2ccc(Br)cc2)c(C)c1. The Balaban J connectivity index is 2.46. The van der Waals surface area contributed by atoms with Crippen molar-refractivity contribution in [3.63, 3.8) is 0 Å². The van der Waals surface area contributed by atoms with Crippen LogP contribution in [-0.4, -0.2) is 5.11 Å². The van der Waals surface area contributed by atoms with Gasteiger partial charge >= 0.3 is 0 Å². The lowest BCUT2D eigenvalue weighted by Crippen LogP contribution is -2.05. The molecule has 0 saturated heterocycles. The zero-order chi connectivity index (χ0) is 13.3. The normalized spacial score (nSPS) is 12.5. The molecule has 0 radical (unpaired) electrons. The Kier molecular flexibility index (Phi) is 3.88. The fourth-order valence-electron chi connectivity index (χ4n) is 2.43. The second-order valence-electron chi connectivity index (χ2n) is 4.77. The average molecular weight is 305 g/mol. The molecule has 0 bridgehead atoms. The van der Waals surface area contributed by atoms with Crippen molar-refractivity contribution >= 4 is 15.9 Å². The number of aliphatic hydroxyl groups excluding tert-OH is 1. The smallest absolute Gasteiger partial charge is 0.105 e. The summed E-state index contributed by atoms with van der Waals surface area (Å²) in [4.78, 5) is 0. The number of aliphatic hydroxyl groups is 1. The second kappa shape index (κ2) is 5.25. The molecule has 2 rings (SSSR count). The molecule has 0 aliphatic heterocycles. The van der Waals surface area contributed by atoms with E-state index in [-0.39, 0.29) is 0 Å². The van der Waals surface area contributed by atoms with Crippen molar-refractivity contribution in [2.24, 2.45) is 0 Å². The Labute approximate surface area is 117 Å². The molecule has 18 heavy (non-hydrogen) atoms.